The van der Waals surface area contributed by atoms with Crippen LogP contribution in [-0.4, -0.2) is 31.7 Å². The van der Waals surface area contributed by atoms with Crippen LogP contribution in [0, 0.1) is 5.92 Å². The van der Waals surface area contributed by atoms with Crippen LogP contribution >= 0.6 is 0 Å². The minimum Gasteiger partial charge on any atom is -0.447 e. The van der Waals surface area contributed by atoms with E-state index in [0.717, 1.165) is 5.56 Å². The van der Waals surface area contributed by atoms with Gasteiger partial charge in [-0.05, 0) is 17.0 Å². The van der Waals surface area contributed by atoms with E-state index in [2.05, 4.69) is 58.3 Å². The highest BCUT2D eigenvalue weighted by atomic mass is 28.3. The van der Waals surface area contributed by atoms with E-state index in [1.165, 1.54) is 0 Å². The SMILES string of the molecule is C=C[C@@H]([C@@H](C(C)C)N1C(=O)OC[C@@H]1c1ccccc1)[Si](C)(C)C. The first kappa shape index (κ1) is 17.8. The van der Waals surface area contributed by atoms with Crippen molar-refractivity contribution in [2.24, 2.45) is 5.92 Å². The maximum atomic E-state index is 12.5. The first-order valence-corrected chi connectivity index (χ1v) is 12.0. The second kappa shape index (κ2) is 6.91. The van der Waals surface area contributed by atoms with Crippen LogP contribution in [0.5, 0.6) is 0 Å². The summed E-state index contributed by atoms with van der Waals surface area (Å²) in [4.78, 5) is 14.5. The summed E-state index contributed by atoms with van der Waals surface area (Å²) in [5, 5.41) is 0. The van der Waals surface area contributed by atoms with Crippen molar-refractivity contribution in [2.75, 3.05) is 6.61 Å². The van der Waals surface area contributed by atoms with Crippen LogP contribution in [0.3, 0.4) is 0 Å². The van der Waals surface area contributed by atoms with Gasteiger partial charge in [-0.15, -0.1) is 6.58 Å². The van der Waals surface area contributed by atoms with Crippen LogP contribution in [0.1, 0.15) is 25.5 Å². The minimum atomic E-state index is -1.51. The van der Waals surface area contributed by atoms with Crippen molar-refractivity contribution >= 4 is 14.2 Å². The van der Waals surface area contributed by atoms with Crippen molar-refractivity contribution in [3.05, 3.63) is 48.6 Å². The van der Waals surface area contributed by atoms with Gasteiger partial charge in [0.2, 0.25) is 0 Å². The number of hydrogen-bond donors (Lipinski definition) is 0. The third kappa shape index (κ3) is 3.69. The predicted molar refractivity (Wildman–Crippen MR) is 98.3 cm³/mol. The van der Waals surface area contributed by atoms with E-state index in [9.17, 15) is 4.79 Å². The number of hydrogen-bond acceptors (Lipinski definition) is 2. The second-order valence-corrected chi connectivity index (χ2v) is 13.2. The summed E-state index contributed by atoms with van der Waals surface area (Å²) in [6.07, 6.45) is 1.87. The summed E-state index contributed by atoms with van der Waals surface area (Å²) < 4.78 is 5.44. The van der Waals surface area contributed by atoms with Gasteiger partial charge in [0, 0.05) is 6.04 Å². The first-order valence-electron chi connectivity index (χ1n) is 8.40. The molecule has 0 spiro atoms. The number of cyclic esters (lactones) is 1. The fourth-order valence-electron chi connectivity index (χ4n) is 3.61. The zero-order valence-electron chi connectivity index (χ0n) is 15.0. The molecule has 0 N–H and O–H groups in total. The van der Waals surface area contributed by atoms with Crippen LogP contribution in [-0.2, 0) is 4.74 Å². The molecule has 1 aliphatic heterocycles. The van der Waals surface area contributed by atoms with Crippen molar-refractivity contribution in [3.8, 4) is 0 Å². The normalized spacial score (nSPS) is 21.2. The maximum Gasteiger partial charge on any atom is 0.410 e. The molecule has 1 aliphatic rings. The average molecular weight is 332 g/mol. The molecule has 126 valence electrons. The van der Waals surface area contributed by atoms with Crippen molar-refractivity contribution in [1.29, 1.82) is 0 Å². The highest BCUT2D eigenvalue weighted by Gasteiger charge is 2.45. The highest BCUT2D eigenvalue weighted by molar-refractivity contribution is 6.78. The first-order chi connectivity index (χ1) is 10.8. The van der Waals surface area contributed by atoms with Crippen LogP contribution in [0.2, 0.25) is 25.2 Å². The number of benzene rings is 1. The summed E-state index contributed by atoms with van der Waals surface area (Å²) in [5.41, 5.74) is 1.47. The molecule has 1 amide bonds. The van der Waals surface area contributed by atoms with E-state index in [1.54, 1.807) is 0 Å². The Kier molecular flexibility index (Phi) is 5.35. The number of carbonyl (C=O) groups excluding carboxylic acids is 1. The molecule has 2 rings (SSSR count). The maximum absolute atomic E-state index is 12.5. The molecule has 1 heterocycles. The Morgan fingerprint density at radius 1 is 1.26 bits per heavy atom. The lowest BCUT2D eigenvalue weighted by Crippen LogP contribution is -2.49. The molecule has 1 saturated heterocycles. The Morgan fingerprint density at radius 2 is 1.87 bits per heavy atom. The largest absolute Gasteiger partial charge is 0.447 e. The third-order valence-electron chi connectivity index (χ3n) is 4.72. The molecule has 0 aliphatic carbocycles. The van der Waals surface area contributed by atoms with Gasteiger partial charge in [-0.25, -0.2) is 4.79 Å². The average Bonchev–Trinajstić information content (AvgIpc) is 2.85. The Morgan fingerprint density at radius 3 is 2.35 bits per heavy atom. The quantitative estimate of drug-likeness (QED) is 0.536. The van der Waals surface area contributed by atoms with Crippen molar-refractivity contribution in [3.63, 3.8) is 0 Å². The molecule has 1 fully saturated rings. The standard InChI is InChI=1S/C19H29NO2Si/c1-7-17(23(4,5)6)18(14(2)3)20-16(13-22-19(20)21)15-11-9-8-10-12-15/h7-12,14,16-18H,1,13H2,2-6H3/t16-,17+,18-/m1/s1. The van der Waals surface area contributed by atoms with Crippen LogP contribution in [0.15, 0.2) is 43.0 Å². The van der Waals surface area contributed by atoms with E-state index in [-0.39, 0.29) is 18.2 Å². The van der Waals surface area contributed by atoms with Gasteiger partial charge >= 0.3 is 6.09 Å². The van der Waals surface area contributed by atoms with E-state index >= 15 is 0 Å². The summed E-state index contributed by atoms with van der Waals surface area (Å²) in [5.74, 6) is 0.349. The molecular weight excluding hydrogens is 302 g/mol. The monoisotopic (exact) mass is 331 g/mol. The third-order valence-corrected chi connectivity index (χ3v) is 7.30. The second-order valence-electron chi connectivity index (χ2n) is 7.77. The molecule has 3 nitrogen and oxygen atoms in total. The molecule has 1 aromatic rings. The molecule has 3 atom stereocenters. The number of rotatable bonds is 6. The summed E-state index contributed by atoms with van der Waals surface area (Å²) in [6, 6.07) is 10.3. The lowest BCUT2D eigenvalue weighted by atomic mass is 9.95. The fourth-order valence-corrected chi connectivity index (χ4v) is 5.89. The number of nitrogens with zero attached hydrogens (tertiary/aromatic N) is 1. The summed E-state index contributed by atoms with van der Waals surface area (Å²) >= 11 is 0. The van der Waals surface area contributed by atoms with Gasteiger partial charge in [0.1, 0.15) is 6.61 Å². The van der Waals surface area contributed by atoms with E-state index in [4.69, 9.17) is 4.74 Å². The van der Waals surface area contributed by atoms with Gasteiger partial charge in [0.05, 0.1) is 14.1 Å². The lowest BCUT2D eigenvalue weighted by molar-refractivity contribution is 0.130. The van der Waals surface area contributed by atoms with E-state index in [1.807, 2.05) is 23.1 Å². The Labute approximate surface area is 141 Å². The summed E-state index contributed by atoms with van der Waals surface area (Å²) in [6.45, 7) is 15.9. The zero-order valence-corrected chi connectivity index (χ0v) is 16.0. The van der Waals surface area contributed by atoms with Gasteiger partial charge in [0.25, 0.3) is 0 Å². The van der Waals surface area contributed by atoms with Crippen LogP contribution in [0.25, 0.3) is 0 Å². The lowest BCUT2D eigenvalue weighted by Gasteiger charge is -2.42. The van der Waals surface area contributed by atoms with E-state index in [0.29, 0.717) is 18.1 Å². The summed E-state index contributed by atoms with van der Waals surface area (Å²) in [7, 11) is -1.51. The number of amides is 1. The Hall–Kier alpha value is -1.55. The van der Waals surface area contributed by atoms with Gasteiger partial charge in [-0.3, -0.25) is 4.90 Å². The van der Waals surface area contributed by atoms with E-state index < -0.39 is 8.07 Å². The number of carbonyl (C=O) groups is 1. The Bertz CT molecular complexity index is 550. The Balaban J connectivity index is 2.43. The molecule has 0 bridgehead atoms. The number of ether oxygens (including phenoxy) is 1. The van der Waals surface area contributed by atoms with Gasteiger partial charge in [-0.2, -0.15) is 0 Å². The van der Waals surface area contributed by atoms with Crippen molar-refractivity contribution in [2.45, 2.75) is 51.1 Å². The molecule has 0 saturated carbocycles. The fraction of sp³-hybridized carbons (Fsp3) is 0.526. The molecule has 0 aromatic heterocycles. The van der Waals surface area contributed by atoms with Crippen molar-refractivity contribution < 1.29 is 9.53 Å². The molecule has 1 aromatic carbocycles. The molecule has 0 unspecified atom stereocenters. The minimum absolute atomic E-state index is 0.00472. The van der Waals surface area contributed by atoms with Crippen LogP contribution < -0.4 is 0 Å². The predicted octanol–water partition coefficient (Wildman–Crippen LogP) is 5.10. The smallest absolute Gasteiger partial charge is 0.410 e. The highest BCUT2D eigenvalue weighted by Crippen LogP contribution is 2.40. The molecule has 0 radical (unpaired) electrons. The molecule has 4 heteroatoms. The van der Waals surface area contributed by atoms with Gasteiger partial charge < -0.3 is 4.74 Å². The van der Waals surface area contributed by atoms with Crippen molar-refractivity contribution in [1.82, 2.24) is 4.90 Å². The van der Waals surface area contributed by atoms with Crippen LogP contribution in [0.4, 0.5) is 4.79 Å². The molecular formula is C19H29NO2Si. The zero-order chi connectivity index (χ0) is 17.2. The molecule has 23 heavy (non-hydrogen) atoms. The van der Waals surface area contributed by atoms with Gasteiger partial charge in [0.15, 0.2) is 0 Å². The topological polar surface area (TPSA) is 29.5 Å². The van der Waals surface area contributed by atoms with Gasteiger partial charge in [-0.1, -0.05) is 69.9 Å².